The minimum atomic E-state index is -0.412. The predicted molar refractivity (Wildman–Crippen MR) is 109 cm³/mol. The predicted octanol–water partition coefficient (Wildman–Crippen LogP) is 3.91. The molecular formula is C22H23N3O2. The highest BCUT2D eigenvalue weighted by Gasteiger charge is 2.06. The highest BCUT2D eigenvalue weighted by Crippen LogP contribution is 2.22. The molecule has 2 aromatic carbocycles. The molecule has 0 aliphatic heterocycles. The molecule has 0 saturated heterocycles. The molecule has 0 radical (unpaired) electrons. The number of aryl methyl sites for hydroxylation is 2. The number of hydrogen-bond acceptors (Lipinski definition) is 4. The Labute approximate surface area is 158 Å². The van der Waals surface area contributed by atoms with E-state index in [0.29, 0.717) is 22.7 Å². The minimum Gasteiger partial charge on any atom is -0.423 e. The van der Waals surface area contributed by atoms with Gasteiger partial charge in [0, 0.05) is 23.7 Å². The molecule has 1 aromatic heterocycles. The zero-order valence-corrected chi connectivity index (χ0v) is 15.3. The van der Waals surface area contributed by atoms with Crippen molar-refractivity contribution in [3.05, 3.63) is 84.2 Å². The van der Waals surface area contributed by atoms with Crippen molar-refractivity contribution in [2.75, 3.05) is 11.5 Å². The van der Waals surface area contributed by atoms with Crippen molar-refractivity contribution in [2.45, 2.75) is 19.8 Å². The summed E-state index contributed by atoms with van der Waals surface area (Å²) in [4.78, 5) is 11.5. The van der Waals surface area contributed by atoms with Crippen molar-refractivity contribution in [2.24, 2.45) is 0 Å². The third-order valence-corrected chi connectivity index (χ3v) is 4.27. The van der Waals surface area contributed by atoms with Crippen LogP contribution in [0.25, 0.3) is 5.69 Å². The number of nitrogens with zero attached hydrogens (tertiary/aromatic N) is 1. The van der Waals surface area contributed by atoms with E-state index < -0.39 is 5.97 Å². The topological polar surface area (TPSA) is 83.3 Å². The summed E-state index contributed by atoms with van der Waals surface area (Å²) in [6, 6.07) is 15.1. The first-order valence-electron chi connectivity index (χ1n) is 8.71. The van der Waals surface area contributed by atoms with Crippen molar-refractivity contribution < 1.29 is 9.53 Å². The van der Waals surface area contributed by atoms with Crippen molar-refractivity contribution >= 4 is 17.3 Å². The van der Waals surface area contributed by atoms with Gasteiger partial charge in [0.2, 0.25) is 0 Å². The van der Waals surface area contributed by atoms with Crippen molar-refractivity contribution in [3.8, 4) is 11.4 Å². The summed E-state index contributed by atoms with van der Waals surface area (Å²) in [6.45, 7) is 5.20. The highest BCUT2D eigenvalue weighted by atomic mass is 16.5. The molecule has 0 bridgehead atoms. The molecule has 27 heavy (non-hydrogen) atoms. The highest BCUT2D eigenvalue weighted by molar-refractivity contribution is 5.88. The number of carbonyl (C=O) groups is 1. The Kier molecular flexibility index (Phi) is 5.31. The van der Waals surface area contributed by atoms with Gasteiger partial charge in [-0.25, -0.2) is 4.79 Å². The van der Waals surface area contributed by atoms with Crippen molar-refractivity contribution in [1.82, 2.24) is 4.57 Å². The average molecular weight is 361 g/mol. The number of hydrogen-bond donors (Lipinski definition) is 2. The number of rotatable bonds is 6. The number of carbonyl (C=O) groups excluding carboxylic acids is 1. The van der Waals surface area contributed by atoms with Crippen LogP contribution in [0.1, 0.15) is 18.1 Å². The number of ether oxygens (including phenoxy) is 1. The smallest absolute Gasteiger partial charge is 0.338 e. The lowest BCUT2D eigenvalue weighted by Gasteiger charge is -2.08. The van der Waals surface area contributed by atoms with Crippen LogP contribution in [0, 0.1) is 0 Å². The Balaban J connectivity index is 1.62. The number of anilines is 2. The van der Waals surface area contributed by atoms with Crippen LogP contribution < -0.4 is 16.2 Å². The van der Waals surface area contributed by atoms with Gasteiger partial charge in [-0.15, -0.1) is 0 Å². The van der Waals surface area contributed by atoms with E-state index in [9.17, 15) is 4.79 Å². The van der Waals surface area contributed by atoms with E-state index in [0.717, 1.165) is 18.5 Å². The zero-order chi connectivity index (χ0) is 19.4. The van der Waals surface area contributed by atoms with Gasteiger partial charge in [-0.1, -0.05) is 18.7 Å². The summed E-state index contributed by atoms with van der Waals surface area (Å²) in [5, 5.41) is 0. The monoisotopic (exact) mass is 361 g/mol. The number of nitrogen functional groups attached to an aromatic ring is 2. The third-order valence-electron chi connectivity index (χ3n) is 4.27. The molecule has 0 unspecified atom stereocenters. The van der Waals surface area contributed by atoms with Gasteiger partial charge in [0.15, 0.2) is 0 Å². The maximum Gasteiger partial charge on any atom is 0.338 e. The second-order valence-corrected chi connectivity index (χ2v) is 6.56. The third kappa shape index (κ3) is 4.58. The van der Waals surface area contributed by atoms with Crippen LogP contribution in [0.15, 0.2) is 73.1 Å². The van der Waals surface area contributed by atoms with E-state index in [1.54, 1.807) is 25.1 Å². The second-order valence-electron chi connectivity index (χ2n) is 6.56. The maximum atomic E-state index is 11.5. The Hall–Kier alpha value is -3.47. The lowest BCUT2D eigenvalue weighted by Crippen LogP contribution is -2.08. The SMILES string of the molecule is C=C(C)C(=O)Oc1ccc(CCc2ccn(-c3cc(N)ccc3N)c2)cc1. The first kappa shape index (κ1) is 18.3. The standard InChI is InChI=1S/C22H23N3O2/c1-15(2)22(26)27-19-8-5-16(6-9-19)3-4-17-11-12-25(14-17)21-13-18(23)7-10-20(21)24/h5-14H,1,3-4,23-24H2,2H3. The lowest BCUT2D eigenvalue weighted by atomic mass is 10.1. The van der Waals surface area contributed by atoms with Gasteiger partial charge in [0.1, 0.15) is 5.75 Å². The zero-order valence-electron chi connectivity index (χ0n) is 15.3. The van der Waals surface area contributed by atoms with Crippen LogP contribution in [0.4, 0.5) is 11.4 Å². The Bertz CT molecular complexity index is 971. The number of benzene rings is 2. The summed E-state index contributed by atoms with van der Waals surface area (Å²) in [5.74, 6) is 0.111. The fraction of sp³-hybridized carbons (Fsp3) is 0.136. The van der Waals surface area contributed by atoms with Crippen molar-refractivity contribution in [3.63, 3.8) is 0 Å². The van der Waals surface area contributed by atoms with Crippen LogP contribution in [-0.4, -0.2) is 10.5 Å². The normalized spacial score (nSPS) is 10.6. The molecule has 0 aliphatic carbocycles. The molecule has 0 amide bonds. The molecule has 5 heteroatoms. The van der Waals surface area contributed by atoms with Gasteiger partial charge in [-0.2, -0.15) is 0 Å². The molecule has 138 valence electrons. The van der Waals surface area contributed by atoms with E-state index in [1.165, 1.54) is 11.1 Å². The fourth-order valence-corrected chi connectivity index (χ4v) is 2.73. The number of nitrogens with two attached hydrogens (primary N) is 2. The van der Waals surface area contributed by atoms with Crippen LogP contribution in [0.5, 0.6) is 5.75 Å². The molecular weight excluding hydrogens is 338 g/mol. The van der Waals surface area contributed by atoms with Gasteiger partial charge in [-0.3, -0.25) is 0 Å². The maximum absolute atomic E-state index is 11.5. The summed E-state index contributed by atoms with van der Waals surface area (Å²) < 4.78 is 7.19. The molecule has 1 heterocycles. The van der Waals surface area contributed by atoms with E-state index in [1.807, 2.05) is 35.0 Å². The Morgan fingerprint density at radius 2 is 1.74 bits per heavy atom. The molecule has 0 fully saturated rings. The lowest BCUT2D eigenvalue weighted by molar-refractivity contribution is -0.130. The fourth-order valence-electron chi connectivity index (χ4n) is 2.73. The summed E-state index contributed by atoms with van der Waals surface area (Å²) >= 11 is 0. The Morgan fingerprint density at radius 3 is 2.44 bits per heavy atom. The molecule has 0 aliphatic rings. The summed E-state index contributed by atoms with van der Waals surface area (Å²) in [6.07, 6.45) is 5.82. The van der Waals surface area contributed by atoms with Gasteiger partial charge >= 0.3 is 5.97 Å². The molecule has 4 N–H and O–H groups in total. The quantitative estimate of drug-likeness (QED) is 0.302. The van der Waals surface area contributed by atoms with Gasteiger partial charge in [0.05, 0.1) is 11.4 Å². The van der Waals surface area contributed by atoms with Gasteiger partial charge in [-0.05, 0) is 67.3 Å². The number of aromatic nitrogens is 1. The molecule has 0 atom stereocenters. The molecule has 5 nitrogen and oxygen atoms in total. The van der Waals surface area contributed by atoms with E-state index in [2.05, 4.69) is 18.8 Å². The van der Waals surface area contributed by atoms with Gasteiger partial charge < -0.3 is 20.8 Å². The second kappa shape index (κ2) is 7.83. The van der Waals surface area contributed by atoms with Crippen LogP contribution in [-0.2, 0) is 17.6 Å². The summed E-state index contributed by atoms with van der Waals surface area (Å²) in [5.41, 5.74) is 16.9. The van der Waals surface area contributed by atoms with Gasteiger partial charge in [0.25, 0.3) is 0 Å². The van der Waals surface area contributed by atoms with Crippen LogP contribution in [0.2, 0.25) is 0 Å². The summed E-state index contributed by atoms with van der Waals surface area (Å²) in [7, 11) is 0. The molecule has 3 rings (SSSR count). The molecule has 0 spiro atoms. The molecule has 0 saturated carbocycles. The van der Waals surface area contributed by atoms with Crippen LogP contribution >= 0.6 is 0 Å². The van der Waals surface area contributed by atoms with Crippen LogP contribution in [0.3, 0.4) is 0 Å². The first-order chi connectivity index (χ1) is 12.9. The largest absolute Gasteiger partial charge is 0.423 e. The first-order valence-corrected chi connectivity index (χ1v) is 8.71. The minimum absolute atomic E-state index is 0.379. The van der Waals surface area contributed by atoms with E-state index in [4.69, 9.17) is 16.2 Å². The van der Waals surface area contributed by atoms with E-state index in [-0.39, 0.29) is 0 Å². The van der Waals surface area contributed by atoms with Crippen molar-refractivity contribution in [1.29, 1.82) is 0 Å². The van der Waals surface area contributed by atoms with E-state index >= 15 is 0 Å². The molecule has 3 aromatic rings. The number of esters is 1. The Morgan fingerprint density at radius 1 is 1.04 bits per heavy atom. The average Bonchev–Trinajstić information content (AvgIpc) is 3.12.